The average Bonchev–Trinajstić information content (AvgIpc) is 2.84. The molecule has 0 unspecified atom stereocenters. The van der Waals surface area contributed by atoms with Gasteiger partial charge in [-0.3, -0.25) is 15.4 Å². The van der Waals surface area contributed by atoms with Crippen molar-refractivity contribution in [3.8, 4) is 0 Å². The van der Waals surface area contributed by atoms with E-state index in [1.54, 1.807) is 30.6 Å². The van der Waals surface area contributed by atoms with Crippen molar-refractivity contribution in [2.45, 2.75) is 6.92 Å². The maximum Gasteiger partial charge on any atom is 0.325 e. The molecule has 1 aromatic carbocycles. The van der Waals surface area contributed by atoms with E-state index in [4.69, 9.17) is 0 Å². The predicted octanol–water partition coefficient (Wildman–Crippen LogP) is 3.00. The normalized spacial score (nSPS) is 9.95. The summed E-state index contributed by atoms with van der Waals surface area (Å²) in [6.07, 6.45) is 1.55. The van der Waals surface area contributed by atoms with Crippen LogP contribution in [0.5, 0.6) is 0 Å². The number of carbonyl (C=O) groups excluding carboxylic acids is 1. The van der Waals surface area contributed by atoms with Gasteiger partial charge < -0.3 is 5.32 Å². The first-order chi connectivity index (χ1) is 9.08. The summed E-state index contributed by atoms with van der Waals surface area (Å²) in [4.78, 5) is 26.0. The zero-order chi connectivity index (χ0) is 13.8. The molecule has 0 fully saturated rings. The standard InChI is InChI=1S/C11H10N4O3S/c1-7-3-2-4-8(15(17)18)9(7)13-10(16)14-11-12-5-6-19-11/h2-6H,1H3,(H2,12,13,14,16). The van der Waals surface area contributed by atoms with Gasteiger partial charge in [-0.2, -0.15) is 0 Å². The summed E-state index contributed by atoms with van der Waals surface area (Å²) in [5.41, 5.74) is 0.652. The van der Waals surface area contributed by atoms with E-state index in [0.29, 0.717) is 10.7 Å². The molecule has 7 nitrogen and oxygen atoms in total. The van der Waals surface area contributed by atoms with Crippen LogP contribution in [-0.2, 0) is 0 Å². The number of nitro benzene ring substituents is 1. The molecule has 1 aromatic heterocycles. The number of nitro groups is 1. The molecule has 2 N–H and O–H groups in total. The average molecular weight is 278 g/mol. The van der Waals surface area contributed by atoms with Crippen LogP contribution < -0.4 is 10.6 Å². The lowest BCUT2D eigenvalue weighted by Crippen LogP contribution is -2.20. The fourth-order valence-corrected chi connectivity index (χ4v) is 2.02. The molecule has 8 heteroatoms. The third kappa shape index (κ3) is 3.05. The largest absolute Gasteiger partial charge is 0.325 e. The van der Waals surface area contributed by atoms with Crippen LogP contribution >= 0.6 is 11.3 Å². The third-order valence-corrected chi connectivity index (χ3v) is 3.03. The predicted molar refractivity (Wildman–Crippen MR) is 72.6 cm³/mol. The van der Waals surface area contributed by atoms with Gasteiger partial charge in [-0.15, -0.1) is 11.3 Å². The van der Waals surface area contributed by atoms with E-state index in [2.05, 4.69) is 15.6 Å². The second-order valence-electron chi connectivity index (χ2n) is 3.64. The molecule has 0 radical (unpaired) electrons. The SMILES string of the molecule is Cc1cccc([N+](=O)[O-])c1NC(=O)Nc1nccs1. The van der Waals surface area contributed by atoms with E-state index in [9.17, 15) is 14.9 Å². The number of hydrogen-bond acceptors (Lipinski definition) is 5. The van der Waals surface area contributed by atoms with E-state index < -0.39 is 11.0 Å². The summed E-state index contributed by atoms with van der Waals surface area (Å²) in [6, 6.07) is 4.03. The highest BCUT2D eigenvalue weighted by atomic mass is 32.1. The van der Waals surface area contributed by atoms with E-state index >= 15 is 0 Å². The molecular formula is C11H10N4O3S. The highest BCUT2D eigenvalue weighted by molar-refractivity contribution is 7.13. The van der Waals surface area contributed by atoms with Gasteiger partial charge in [-0.05, 0) is 12.5 Å². The maximum atomic E-state index is 11.7. The van der Waals surface area contributed by atoms with Crippen molar-refractivity contribution in [3.05, 3.63) is 45.5 Å². The molecular weight excluding hydrogens is 268 g/mol. The van der Waals surface area contributed by atoms with E-state index in [1.165, 1.54) is 17.4 Å². The number of nitrogens with zero attached hydrogens (tertiary/aromatic N) is 2. The monoisotopic (exact) mass is 278 g/mol. The summed E-state index contributed by atoms with van der Waals surface area (Å²) in [5.74, 6) is 0. The zero-order valence-electron chi connectivity index (χ0n) is 9.91. The number of hydrogen-bond donors (Lipinski definition) is 2. The number of nitrogens with one attached hydrogen (secondary N) is 2. The number of rotatable bonds is 3. The van der Waals surface area contributed by atoms with Crippen molar-refractivity contribution < 1.29 is 9.72 Å². The minimum Gasteiger partial charge on any atom is -0.301 e. The third-order valence-electron chi connectivity index (χ3n) is 2.34. The van der Waals surface area contributed by atoms with Gasteiger partial charge in [0.15, 0.2) is 5.13 Å². The number of benzene rings is 1. The fraction of sp³-hybridized carbons (Fsp3) is 0.0909. The molecule has 19 heavy (non-hydrogen) atoms. The summed E-state index contributed by atoms with van der Waals surface area (Å²) >= 11 is 1.26. The van der Waals surface area contributed by atoms with Crippen molar-refractivity contribution >= 4 is 33.9 Å². The Bertz CT molecular complexity index is 612. The number of urea groups is 1. The molecule has 0 bridgehead atoms. The molecule has 2 aromatic rings. The van der Waals surface area contributed by atoms with Crippen LogP contribution in [0.3, 0.4) is 0 Å². The molecule has 1 heterocycles. The number of aryl methyl sites for hydroxylation is 1. The summed E-state index contributed by atoms with van der Waals surface area (Å²) in [5, 5.41) is 18.0. The number of thiazole rings is 1. The van der Waals surface area contributed by atoms with Gasteiger partial charge in [0.2, 0.25) is 0 Å². The highest BCUT2D eigenvalue weighted by Crippen LogP contribution is 2.27. The molecule has 0 saturated carbocycles. The molecule has 0 aliphatic heterocycles. The number of amides is 2. The molecule has 0 aliphatic carbocycles. The second kappa shape index (κ2) is 5.44. The quantitative estimate of drug-likeness (QED) is 0.666. The topological polar surface area (TPSA) is 97.2 Å². The molecule has 98 valence electrons. The summed E-state index contributed by atoms with van der Waals surface area (Å²) < 4.78 is 0. The van der Waals surface area contributed by atoms with Crippen molar-refractivity contribution in [2.75, 3.05) is 10.6 Å². The van der Waals surface area contributed by atoms with Gasteiger partial charge in [0.25, 0.3) is 5.69 Å². The highest BCUT2D eigenvalue weighted by Gasteiger charge is 2.17. The Morgan fingerprint density at radius 2 is 2.21 bits per heavy atom. The van der Waals surface area contributed by atoms with Crippen molar-refractivity contribution in [1.82, 2.24) is 4.98 Å². The summed E-state index contributed by atoms with van der Waals surface area (Å²) in [7, 11) is 0. The van der Waals surface area contributed by atoms with E-state index in [0.717, 1.165) is 0 Å². The molecule has 0 aliphatic rings. The van der Waals surface area contributed by atoms with Crippen LogP contribution in [0, 0.1) is 17.0 Å². The Hall–Kier alpha value is -2.48. The van der Waals surface area contributed by atoms with Gasteiger partial charge >= 0.3 is 6.03 Å². The van der Waals surface area contributed by atoms with Gasteiger partial charge in [-0.25, -0.2) is 9.78 Å². The van der Waals surface area contributed by atoms with Gasteiger partial charge in [0.1, 0.15) is 5.69 Å². The molecule has 0 saturated heterocycles. The number of para-hydroxylation sites is 1. The Labute approximate surface area is 112 Å². The van der Waals surface area contributed by atoms with Crippen LogP contribution in [-0.4, -0.2) is 15.9 Å². The maximum absolute atomic E-state index is 11.7. The first-order valence-corrected chi connectivity index (χ1v) is 6.17. The van der Waals surface area contributed by atoms with Gasteiger partial charge in [-0.1, -0.05) is 12.1 Å². The zero-order valence-corrected chi connectivity index (χ0v) is 10.7. The Balaban J connectivity index is 2.19. The van der Waals surface area contributed by atoms with Crippen molar-refractivity contribution in [3.63, 3.8) is 0 Å². The van der Waals surface area contributed by atoms with Crippen LogP contribution in [0.1, 0.15) is 5.56 Å². The van der Waals surface area contributed by atoms with Crippen molar-refractivity contribution in [1.29, 1.82) is 0 Å². The number of carbonyl (C=O) groups is 1. The smallest absolute Gasteiger partial charge is 0.301 e. The van der Waals surface area contributed by atoms with Gasteiger partial charge in [0.05, 0.1) is 4.92 Å². The van der Waals surface area contributed by atoms with Crippen molar-refractivity contribution in [2.24, 2.45) is 0 Å². The Kier molecular flexibility index (Phi) is 3.71. The lowest BCUT2D eigenvalue weighted by molar-refractivity contribution is -0.383. The van der Waals surface area contributed by atoms with Crippen LogP contribution in [0.2, 0.25) is 0 Å². The Morgan fingerprint density at radius 1 is 1.42 bits per heavy atom. The summed E-state index contributed by atoms with van der Waals surface area (Å²) in [6.45, 7) is 1.69. The first kappa shape index (κ1) is 13.0. The first-order valence-electron chi connectivity index (χ1n) is 5.29. The lowest BCUT2D eigenvalue weighted by atomic mass is 10.1. The van der Waals surface area contributed by atoms with Crippen LogP contribution in [0.25, 0.3) is 0 Å². The minimum atomic E-state index is -0.563. The lowest BCUT2D eigenvalue weighted by Gasteiger charge is -2.08. The number of anilines is 2. The molecule has 2 rings (SSSR count). The van der Waals surface area contributed by atoms with Crippen LogP contribution in [0.4, 0.5) is 21.3 Å². The fourth-order valence-electron chi connectivity index (χ4n) is 1.49. The Morgan fingerprint density at radius 3 is 2.84 bits per heavy atom. The minimum absolute atomic E-state index is 0.144. The molecule has 0 spiro atoms. The van der Waals surface area contributed by atoms with E-state index in [1.807, 2.05) is 0 Å². The second-order valence-corrected chi connectivity index (χ2v) is 4.54. The van der Waals surface area contributed by atoms with Crippen LogP contribution in [0.15, 0.2) is 29.8 Å². The molecule has 2 amide bonds. The van der Waals surface area contributed by atoms with E-state index in [-0.39, 0.29) is 11.4 Å². The molecule has 0 atom stereocenters. The number of aromatic nitrogens is 1. The van der Waals surface area contributed by atoms with Gasteiger partial charge in [0, 0.05) is 17.6 Å².